The second-order valence-electron chi connectivity index (χ2n) is 9.40. The quantitative estimate of drug-likeness (QED) is 0.485. The molecule has 0 bridgehead atoms. The van der Waals surface area contributed by atoms with Crippen LogP contribution in [0.3, 0.4) is 0 Å². The van der Waals surface area contributed by atoms with Gasteiger partial charge in [0, 0.05) is 49.4 Å². The number of carbonyl (C=O) groups is 1. The van der Waals surface area contributed by atoms with Crippen molar-refractivity contribution in [1.82, 2.24) is 19.6 Å². The molecule has 37 heavy (non-hydrogen) atoms. The summed E-state index contributed by atoms with van der Waals surface area (Å²) >= 11 is 0. The number of hydrogen-bond acceptors (Lipinski definition) is 6. The first kappa shape index (κ1) is 25.0. The lowest BCUT2D eigenvalue weighted by Gasteiger charge is -2.30. The molecule has 1 aromatic heterocycles. The second-order valence-corrected chi connectivity index (χ2v) is 9.40. The highest BCUT2D eigenvalue weighted by Gasteiger charge is 2.33. The summed E-state index contributed by atoms with van der Waals surface area (Å²) in [5, 5.41) is 15.3. The van der Waals surface area contributed by atoms with Crippen LogP contribution in [0.2, 0.25) is 0 Å². The first-order valence-electron chi connectivity index (χ1n) is 12.4. The molecule has 1 N–H and O–H groups in total. The van der Waals surface area contributed by atoms with Crippen LogP contribution in [-0.2, 0) is 17.8 Å². The third kappa shape index (κ3) is 4.84. The lowest BCUT2D eigenvalue weighted by molar-refractivity contribution is -0.125. The number of fused-ring (bicyclic) bond motifs is 1. The predicted molar refractivity (Wildman–Crippen MR) is 137 cm³/mol. The Bertz CT molecular complexity index is 1300. The zero-order chi connectivity index (χ0) is 26.1. The minimum Gasteiger partial charge on any atom is -0.494 e. The van der Waals surface area contributed by atoms with Gasteiger partial charge in [-0.15, -0.1) is 0 Å². The number of aliphatic hydroxyl groups is 1. The molecule has 5 rings (SSSR count). The summed E-state index contributed by atoms with van der Waals surface area (Å²) in [5.74, 6) is 0.0762. The summed E-state index contributed by atoms with van der Waals surface area (Å²) in [6, 6.07) is 12.2. The number of hydrogen-bond donors (Lipinski definition) is 1. The number of nitrogens with zero attached hydrogens (tertiary/aromatic N) is 4. The fourth-order valence-electron chi connectivity index (χ4n) is 5.13. The summed E-state index contributed by atoms with van der Waals surface area (Å²) in [4.78, 5) is 16.0. The maximum Gasteiger partial charge on any atom is 0.246 e. The number of rotatable bonds is 7. The van der Waals surface area contributed by atoms with Crippen LogP contribution in [-0.4, -0.2) is 63.6 Å². The zero-order valence-electron chi connectivity index (χ0n) is 21.1. The van der Waals surface area contributed by atoms with Crippen LogP contribution < -0.4 is 9.47 Å². The van der Waals surface area contributed by atoms with Crippen LogP contribution in [0.5, 0.6) is 17.2 Å². The largest absolute Gasteiger partial charge is 0.494 e. The molecule has 2 aromatic carbocycles. The summed E-state index contributed by atoms with van der Waals surface area (Å²) in [5.41, 5.74) is 3.96. The minimum absolute atomic E-state index is 0.0629. The Labute approximate surface area is 215 Å². The zero-order valence-corrected chi connectivity index (χ0v) is 21.1. The smallest absolute Gasteiger partial charge is 0.246 e. The SMILES string of the molecule is C=CC(=O)N1CC[C@@H](n2nc(-c3ccc(Oc4cccc(OC)c4F)cc3)c3c2CCN(C(C)O)C3)C1. The van der Waals surface area contributed by atoms with Crippen molar-refractivity contribution in [2.45, 2.75) is 38.6 Å². The van der Waals surface area contributed by atoms with E-state index in [1.165, 1.54) is 19.3 Å². The monoisotopic (exact) mass is 506 g/mol. The number of ether oxygens (including phenoxy) is 2. The van der Waals surface area contributed by atoms with Gasteiger partial charge in [0.15, 0.2) is 11.5 Å². The molecular formula is C28H31FN4O4. The average molecular weight is 507 g/mol. The molecule has 2 aliphatic heterocycles. The molecule has 1 unspecified atom stereocenters. The first-order valence-corrected chi connectivity index (χ1v) is 12.4. The van der Waals surface area contributed by atoms with Gasteiger partial charge in [0.2, 0.25) is 11.7 Å². The van der Waals surface area contributed by atoms with Gasteiger partial charge in [-0.05, 0) is 55.8 Å². The summed E-state index contributed by atoms with van der Waals surface area (Å²) < 4.78 is 27.4. The maximum atomic E-state index is 14.5. The Kier molecular flexibility index (Phi) is 6.99. The fourth-order valence-corrected chi connectivity index (χ4v) is 5.13. The lowest BCUT2D eigenvalue weighted by atomic mass is 10.0. The molecule has 2 atom stereocenters. The number of benzene rings is 2. The molecule has 0 spiro atoms. The van der Waals surface area contributed by atoms with Crippen molar-refractivity contribution in [3.8, 4) is 28.5 Å². The van der Waals surface area contributed by atoms with Gasteiger partial charge in [0.25, 0.3) is 0 Å². The van der Waals surface area contributed by atoms with Crippen molar-refractivity contribution in [3.05, 3.63) is 72.2 Å². The molecule has 0 aliphatic carbocycles. The van der Waals surface area contributed by atoms with E-state index < -0.39 is 12.0 Å². The van der Waals surface area contributed by atoms with E-state index in [9.17, 15) is 14.3 Å². The van der Waals surface area contributed by atoms with Crippen LogP contribution in [0.1, 0.15) is 30.6 Å². The van der Waals surface area contributed by atoms with Crippen molar-refractivity contribution < 1.29 is 23.8 Å². The molecule has 3 aromatic rings. The number of carbonyl (C=O) groups excluding carboxylic acids is 1. The summed E-state index contributed by atoms with van der Waals surface area (Å²) in [6.45, 7) is 7.96. The number of aromatic nitrogens is 2. The van der Waals surface area contributed by atoms with Crippen LogP contribution in [0.15, 0.2) is 55.1 Å². The van der Waals surface area contributed by atoms with Gasteiger partial charge in [-0.1, -0.05) is 12.6 Å². The number of halogens is 1. The Morgan fingerprint density at radius 1 is 1.22 bits per heavy atom. The van der Waals surface area contributed by atoms with E-state index in [2.05, 4.69) is 11.3 Å². The molecule has 1 fully saturated rings. The number of likely N-dealkylation sites (tertiary alicyclic amines) is 1. The predicted octanol–water partition coefficient (Wildman–Crippen LogP) is 4.15. The molecule has 0 saturated carbocycles. The van der Waals surface area contributed by atoms with Gasteiger partial charge in [0.1, 0.15) is 12.0 Å². The fraction of sp³-hybridized carbons (Fsp3) is 0.357. The molecule has 1 saturated heterocycles. The van der Waals surface area contributed by atoms with E-state index in [4.69, 9.17) is 14.6 Å². The molecule has 3 heterocycles. The van der Waals surface area contributed by atoms with Crippen molar-refractivity contribution >= 4 is 5.91 Å². The van der Waals surface area contributed by atoms with E-state index in [0.29, 0.717) is 25.4 Å². The van der Waals surface area contributed by atoms with Gasteiger partial charge in [-0.3, -0.25) is 14.4 Å². The van der Waals surface area contributed by atoms with E-state index in [1.807, 2.05) is 17.0 Å². The van der Waals surface area contributed by atoms with Crippen LogP contribution >= 0.6 is 0 Å². The third-order valence-corrected chi connectivity index (χ3v) is 7.14. The molecule has 194 valence electrons. The van der Waals surface area contributed by atoms with Crippen LogP contribution in [0.25, 0.3) is 11.3 Å². The Hall–Kier alpha value is -3.69. The Morgan fingerprint density at radius 3 is 2.68 bits per heavy atom. The van der Waals surface area contributed by atoms with Gasteiger partial charge in [0.05, 0.1) is 18.8 Å². The highest BCUT2D eigenvalue weighted by molar-refractivity contribution is 5.87. The summed E-state index contributed by atoms with van der Waals surface area (Å²) in [6.07, 6.45) is 2.38. The molecular weight excluding hydrogens is 475 g/mol. The van der Waals surface area contributed by atoms with Crippen LogP contribution in [0, 0.1) is 5.82 Å². The molecule has 0 radical (unpaired) electrons. The molecule has 2 aliphatic rings. The van der Waals surface area contributed by atoms with Gasteiger partial charge in [-0.25, -0.2) is 0 Å². The topological polar surface area (TPSA) is 80.1 Å². The average Bonchev–Trinajstić information content (AvgIpc) is 3.55. The van der Waals surface area contributed by atoms with E-state index in [1.54, 1.807) is 36.1 Å². The normalized spacial score (nSPS) is 18.4. The number of aliphatic hydroxyl groups excluding tert-OH is 1. The Balaban J connectivity index is 1.45. The Morgan fingerprint density at radius 2 is 1.97 bits per heavy atom. The van der Waals surface area contributed by atoms with Crippen molar-refractivity contribution in [1.29, 1.82) is 0 Å². The number of amides is 1. The van der Waals surface area contributed by atoms with E-state index in [-0.39, 0.29) is 23.4 Å². The maximum absolute atomic E-state index is 14.5. The minimum atomic E-state index is -0.565. The van der Waals surface area contributed by atoms with Crippen molar-refractivity contribution in [2.24, 2.45) is 0 Å². The highest BCUT2D eigenvalue weighted by Crippen LogP contribution is 2.36. The van der Waals surface area contributed by atoms with Crippen LogP contribution in [0.4, 0.5) is 4.39 Å². The second kappa shape index (κ2) is 10.4. The van der Waals surface area contributed by atoms with Gasteiger partial charge in [-0.2, -0.15) is 9.49 Å². The van der Waals surface area contributed by atoms with Crippen molar-refractivity contribution in [2.75, 3.05) is 26.7 Å². The van der Waals surface area contributed by atoms with E-state index >= 15 is 0 Å². The lowest BCUT2D eigenvalue weighted by Crippen LogP contribution is -2.38. The number of methoxy groups -OCH3 is 1. The highest BCUT2D eigenvalue weighted by atomic mass is 19.1. The molecule has 1 amide bonds. The third-order valence-electron chi connectivity index (χ3n) is 7.14. The van der Waals surface area contributed by atoms with Crippen molar-refractivity contribution in [3.63, 3.8) is 0 Å². The van der Waals surface area contributed by atoms with Gasteiger partial charge < -0.3 is 19.5 Å². The summed E-state index contributed by atoms with van der Waals surface area (Å²) in [7, 11) is 1.41. The first-order chi connectivity index (χ1) is 17.9. The van der Waals surface area contributed by atoms with E-state index in [0.717, 1.165) is 41.9 Å². The molecule has 9 heteroatoms. The van der Waals surface area contributed by atoms with Gasteiger partial charge >= 0.3 is 0 Å². The standard InChI is InChI=1S/C28H31FN4O4/c1-4-26(35)32-14-12-20(16-32)33-23-13-15-31(18(2)34)17-22(23)28(30-33)19-8-10-21(11-9-19)37-25-7-5-6-24(36-3)27(25)29/h4-11,18,20,34H,1,12-17H2,2-3H3/t18?,20-/m1/s1. The molecule has 8 nitrogen and oxygen atoms in total.